The van der Waals surface area contributed by atoms with Crippen molar-refractivity contribution >= 4 is 11.7 Å². The first-order valence-corrected chi connectivity index (χ1v) is 6.00. The zero-order valence-electron chi connectivity index (χ0n) is 10.6. The summed E-state index contributed by atoms with van der Waals surface area (Å²) in [7, 11) is 0. The number of amides is 1. The average molecular weight is 275 g/mol. The molecule has 1 heterocycles. The molecule has 7 heteroatoms. The molecule has 2 aromatic rings. The van der Waals surface area contributed by atoms with E-state index in [2.05, 4.69) is 20.7 Å². The Kier molecular flexibility index (Phi) is 4.56. The second-order valence-corrected chi connectivity index (χ2v) is 4.07. The predicted octanol–water partition coefficient (Wildman–Crippen LogP) is 0.874. The molecule has 104 valence electrons. The maximum absolute atomic E-state index is 13.0. The molecule has 0 aliphatic carbocycles. The van der Waals surface area contributed by atoms with Gasteiger partial charge in [0.15, 0.2) is 5.82 Å². The fraction of sp³-hybridized carbons (Fsp3) is 0.154. The smallest absolute Gasteiger partial charge is 0.271 e. The van der Waals surface area contributed by atoms with Crippen molar-refractivity contribution in [2.75, 3.05) is 12.0 Å². The van der Waals surface area contributed by atoms with Gasteiger partial charge in [-0.1, -0.05) is 12.1 Å². The van der Waals surface area contributed by atoms with Gasteiger partial charge in [0.25, 0.3) is 5.91 Å². The lowest BCUT2D eigenvalue weighted by Gasteiger charge is -2.05. The zero-order valence-corrected chi connectivity index (χ0v) is 10.6. The lowest BCUT2D eigenvalue weighted by Crippen LogP contribution is -2.26. The van der Waals surface area contributed by atoms with Gasteiger partial charge in [0.2, 0.25) is 0 Å². The molecule has 1 amide bonds. The van der Waals surface area contributed by atoms with Crippen LogP contribution in [0.25, 0.3) is 0 Å². The number of aromatic nitrogens is 2. The number of hydrazine groups is 1. The van der Waals surface area contributed by atoms with E-state index in [4.69, 9.17) is 5.84 Å². The van der Waals surface area contributed by atoms with E-state index in [1.165, 1.54) is 24.5 Å². The van der Waals surface area contributed by atoms with E-state index < -0.39 is 0 Å². The molecule has 0 fully saturated rings. The fourth-order valence-corrected chi connectivity index (χ4v) is 1.62. The van der Waals surface area contributed by atoms with Gasteiger partial charge >= 0.3 is 0 Å². The van der Waals surface area contributed by atoms with Crippen LogP contribution in [0.5, 0.6) is 0 Å². The van der Waals surface area contributed by atoms with Crippen LogP contribution in [-0.2, 0) is 6.42 Å². The van der Waals surface area contributed by atoms with Gasteiger partial charge in [-0.15, -0.1) is 0 Å². The van der Waals surface area contributed by atoms with Gasteiger partial charge in [0, 0.05) is 6.54 Å². The molecule has 2 rings (SSSR count). The number of nitrogens with zero attached hydrogens (tertiary/aromatic N) is 2. The first-order valence-electron chi connectivity index (χ1n) is 6.00. The topological polar surface area (TPSA) is 92.9 Å². The van der Waals surface area contributed by atoms with Gasteiger partial charge in [-0.3, -0.25) is 4.79 Å². The largest absolute Gasteiger partial charge is 0.350 e. The number of rotatable bonds is 5. The van der Waals surface area contributed by atoms with Crippen LogP contribution in [0.15, 0.2) is 36.7 Å². The van der Waals surface area contributed by atoms with Crippen molar-refractivity contribution in [1.29, 1.82) is 0 Å². The van der Waals surface area contributed by atoms with E-state index >= 15 is 0 Å². The molecule has 1 aromatic carbocycles. The number of carbonyl (C=O) groups excluding carboxylic acids is 1. The minimum atomic E-state index is -0.336. The molecule has 4 N–H and O–H groups in total. The summed E-state index contributed by atoms with van der Waals surface area (Å²) in [6.45, 7) is 0.390. The molecular weight excluding hydrogens is 261 g/mol. The number of hydrogen-bond acceptors (Lipinski definition) is 5. The van der Waals surface area contributed by atoms with E-state index in [0.29, 0.717) is 18.8 Å². The Hall–Kier alpha value is -2.54. The highest BCUT2D eigenvalue weighted by atomic mass is 19.1. The molecule has 0 saturated heterocycles. The number of hydrogen-bond donors (Lipinski definition) is 3. The number of nitrogen functional groups attached to an aromatic ring is 1. The third-order valence-electron chi connectivity index (χ3n) is 2.62. The van der Waals surface area contributed by atoms with Crippen LogP contribution in [0, 0.1) is 5.82 Å². The lowest BCUT2D eigenvalue weighted by molar-refractivity contribution is 0.0949. The molecule has 0 aliphatic rings. The minimum absolute atomic E-state index is 0.197. The molecule has 0 unspecified atom stereocenters. The Balaban J connectivity index is 1.85. The number of anilines is 1. The van der Waals surface area contributed by atoms with Crippen LogP contribution in [-0.4, -0.2) is 22.4 Å². The normalized spacial score (nSPS) is 10.1. The van der Waals surface area contributed by atoms with E-state index in [9.17, 15) is 9.18 Å². The molecular formula is C13H14FN5O. The van der Waals surface area contributed by atoms with Gasteiger partial charge in [0.1, 0.15) is 11.5 Å². The number of nitrogens with one attached hydrogen (secondary N) is 2. The van der Waals surface area contributed by atoms with Crippen molar-refractivity contribution in [1.82, 2.24) is 15.3 Å². The van der Waals surface area contributed by atoms with Crippen molar-refractivity contribution in [2.45, 2.75) is 6.42 Å². The summed E-state index contributed by atoms with van der Waals surface area (Å²) in [6, 6.07) is 6.26. The van der Waals surface area contributed by atoms with Gasteiger partial charge < -0.3 is 10.7 Å². The minimum Gasteiger partial charge on any atom is -0.350 e. The number of nitrogens with two attached hydrogens (primary N) is 1. The Morgan fingerprint density at radius 1 is 1.30 bits per heavy atom. The number of benzene rings is 1. The molecule has 0 bridgehead atoms. The van der Waals surface area contributed by atoms with Crippen molar-refractivity contribution in [3.8, 4) is 0 Å². The summed E-state index contributed by atoms with van der Waals surface area (Å²) in [4.78, 5) is 19.6. The van der Waals surface area contributed by atoms with Crippen LogP contribution in [0.4, 0.5) is 10.2 Å². The third-order valence-corrected chi connectivity index (χ3v) is 2.62. The number of halogens is 1. The molecule has 0 saturated carbocycles. The van der Waals surface area contributed by atoms with Crippen molar-refractivity contribution in [2.24, 2.45) is 5.84 Å². The van der Waals surface area contributed by atoms with Gasteiger partial charge in [0.05, 0.1) is 12.4 Å². The summed E-state index contributed by atoms with van der Waals surface area (Å²) in [5, 5.41) is 2.69. The first-order chi connectivity index (χ1) is 9.69. The molecule has 0 atom stereocenters. The zero-order chi connectivity index (χ0) is 14.4. The van der Waals surface area contributed by atoms with Gasteiger partial charge in [-0.05, 0) is 24.1 Å². The summed E-state index contributed by atoms with van der Waals surface area (Å²) in [6.07, 6.45) is 3.23. The Bertz CT molecular complexity index is 588. The Morgan fingerprint density at radius 3 is 2.80 bits per heavy atom. The quantitative estimate of drug-likeness (QED) is 0.556. The van der Waals surface area contributed by atoms with E-state index in [-0.39, 0.29) is 17.4 Å². The highest BCUT2D eigenvalue weighted by Crippen LogP contribution is 2.04. The second-order valence-electron chi connectivity index (χ2n) is 4.07. The summed E-state index contributed by atoms with van der Waals surface area (Å²) >= 11 is 0. The van der Waals surface area contributed by atoms with Gasteiger partial charge in [-0.25, -0.2) is 20.2 Å². The van der Waals surface area contributed by atoms with Crippen molar-refractivity contribution in [3.63, 3.8) is 0 Å². The highest BCUT2D eigenvalue weighted by molar-refractivity contribution is 5.91. The third kappa shape index (κ3) is 3.72. The highest BCUT2D eigenvalue weighted by Gasteiger charge is 2.07. The fourth-order valence-electron chi connectivity index (χ4n) is 1.62. The SMILES string of the molecule is NNc1cnc(C(=O)NCCc2cccc(F)c2)cn1. The molecule has 1 aromatic heterocycles. The Labute approximate surface area is 115 Å². The van der Waals surface area contributed by atoms with E-state index in [1.807, 2.05) is 0 Å². The monoisotopic (exact) mass is 275 g/mol. The molecule has 0 radical (unpaired) electrons. The maximum Gasteiger partial charge on any atom is 0.271 e. The second kappa shape index (κ2) is 6.58. The van der Waals surface area contributed by atoms with Crippen molar-refractivity contribution in [3.05, 3.63) is 53.7 Å². The lowest BCUT2D eigenvalue weighted by atomic mass is 10.1. The summed E-state index contributed by atoms with van der Waals surface area (Å²) < 4.78 is 13.0. The first kappa shape index (κ1) is 13.9. The summed E-state index contributed by atoms with van der Waals surface area (Å²) in [5.74, 6) is 4.90. The maximum atomic E-state index is 13.0. The van der Waals surface area contributed by atoms with Crippen LogP contribution < -0.4 is 16.6 Å². The standard InChI is InChI=1S/C13H14FN5O/c14-10-3-1-2-9(6-10)4-5-16-13(20)11-7-18-12(19-15)8-17-11/h1-3,6-8H,4-5,15H2,(H,16,20)(H,18,19). The van der Waals surface area contributed by atoms with Crippen LogP contribution >= 0.6 is 0 Å². The van der Waals surface area contributed by atoms with Gasteiger partial charge in [-0.2, -0.15) is 0 Å². The Morgan fingerprint density at radius 2 is 2.15 bits per heavy atom. The molecule has 0 spiro atoms. The van der Waals surface area contributed by atoms with Crippen molar-refractivity contribution < 1.29 is 9.18 Å². The summed E-state index contributed by atoms with van der Waals surface area (Å²) in [5.41, 5.74) is 3.34. The van der Waals surface area contributed by atoms with E-state index in [1.54, 1.807) is 12.1 Å². The average Bonchev–Trinajstić information content (AvgIpc) is 2.47. The predicted molar refractivity (Wildman–Crippen MR) is 72.3 cm³/mol. The number of carbonyl (C=O) groups is 1. The van der Waals surface area contributed by atoms with E-state index in [0.717, 1.165) is 5.56 Å². The molecule has 0 aliphatic heterocycles. The van der Waals surface area contributed by atoms with Crippen LogP contribution in [0.3, 0.4) is 0 Å². The van der Waals surface area contributed by atoms with Crippen LogP contribution in [0.1, 0.15) is 16.1 Å². The molecule has 6 nitrogen and oxygen atoms in total. The molecule has 20 heavy (non-hydrogen) atoms. The van der Waals surface area contributed by atoms with Crippen LogP contribution in [0.2, 0.25) is 0 Å².